The van der Waals surface area contributed by atoms with Crippen LogP contribution in [0, 0.1) is 10.1 Å². The Morgan fingerprint density at radius 2 is 1.85 bits per heavy atom. The van der Waals surface area contributed by atoms with E-state index in [1.165, 1.54) is 29.1 Å². The molecule has 0 aromatic heterocycles. The van der Waals surface area contributed by atoms with Crippen LogP contribution in [0.5, 0.6) is 0 Å². The van der Waals surface area contributed by atoms with Crippen molar-refractivity contribution in [1.29, 1.82) is 0 Å². The summed E-state index contributed by atoms with van der Waals surface area (Å²) in [5, 5.41) is 17.2. The number of rotatable bonds is 5. The first-order valence-corrected chi connectivity index (χ1v) is 13.7. The van der Waals surface area contributed by atoms with Crippen molar-refractivity contribution in [3.8, 4) is 0 Å². The van der Waals surface area contributed by atoms with Gasteiger partial charge in [0.05, 0.1) is 26.6 Å². The van der Waals surface area contributed by atoms with Gasteiger partial charge < -0.3 is 4.90 Å². The summed E-state index contributed by atoms with van der Waals surface area (Å²) < 4.78 is 10.4. The van der Waals surface area contributed by atoms with Crippen molar-refractivity contribution in [1.82, 2.24) is 9.45 Å². The Kier molecular flexibility index (Phi) is 6.48. The summed E-state index contributed by atoms with van der Waals surface area (Å²) in [7, 11) is 1.56. The van der Waals surface area contributed by atoms with E-state index in [0.29, 0.717) is 10.2 Å². The maximum absolute atomic E-state index is 11.3. The number of hydrogen-bond donors (Lipinski definition) is 0. The van der Waals surface area contributed by atoms with Gasteiger partial charge in [0.2, 0.25) is 0 Å². The van der Waals surface area contributed by atoms with E-state index in [2.05, 4.69) is 84.5 Å². The SMILES string of the molecule is CCN(CC)[P@@]1(=Nc2ccc([N+](=O)[O-])cc2Br)/C(=C2/N(C)c3ccccc3C2(C)C)C=NN1C. The van der Waals surface area contributed by atoms with Crippen LogP contribution in [-0.4, -0.2) is 47.8 Å². The highest BCUT2D eigenvalue weighted by Crippen LogP contribution is 2.69. The van der Waals surface area contributed by atoms with Crippen LogP contribution in [0.3, 0.4) is 0 Å². The first kappa shape index (κ1) is 24.6. The van der Waals surface area contributed by atoms with Crippen molar-refractivity contribution in [3.05, 3.63) is 73.6 Å². The molecule has 0 N–H and O–H groups in total. The molecule has 10 heteroatoms. The van der Waals surface area contributed by atoms with Gasteiger partial charge in [0.15, 0.2) is 7.36 Å². The van der Waals surface area contributed by atoms with Gasteiger partial charge in [-0.2, -0.15) is 5.10 Å². The first-order valence-electron chi connectivity index (χ1n) is 11.3. The van der Waals surface area contributed by atoms with Crippen LogP contribution >= 0.6 is 23.3 Å². The van der Waals surface area contributed by atoms with Gasteiger partial charge in [-0.15, -0.1) is 0 Å². The number of nitro groups is 1. The normalized spacial score (nSPS) is 23.1. The molecular weight excluding hydrogens is 515 g/mol. The average Bonchev–Trinajstić information content (AvgIpc) is 3.21. The topological polar surface area (TPSA) is 77.6 Å². The maximum atomic E-state index is 11.3. The molecule has 0 aliphatic carbocycles. The molecule has 34 heavy (non-hydrogen) atoms. The summed E-state index contributed by atoms with van der Waals surface area (Å²) in [5.74, 6) is 0. The lowest BCUT2D eigenvalue weighted by molar-refractivity contribution is -0.384. The van der Waals surface area contributed by atoms with Crippen molar-refractivity contribution < 1.29 is 4.92 Å². The molecule has 0 bridgehead atoms. The van der Waals surface area contributed by atoms with Crippen LogP contribution in [0.15, 0.2) is 67.8 Å². The van der Waals surface area contributed by atoms with Crippen molar-refractivity contribution >= 4 is 46.6 Å². The monoisotopic (exact) mass is 544 g/mol. The molecule has 0 unspecified atom stereocenters. The summed E-state index contributed by atoms with van der Waals surface area (Å²) in [6.45, 7) is 10.4. The summed E-state index contributed by atoms with van der Waals surface area (Å²) in [4.78, 5) is 13.2. The Balaban J connectivity index is 2.05. The molecule has 0 saturated heterocycles. The molecule has 8 nitrogen and oxygen atoms in total. The number of allylic oxidation sites excluding steroid dienone is 2. The molecule has 2 aromatic carbocycles. The second-order valence-electron chi connectivity index (χ2n) is 8.87. The van der Waals surface area contributed by atoms with E-state index >= 15 is 0 Å². The minimum atomic E-state index is -2.53. The number of hydrazone groups is 1. The number of anilines is 1. The zero-order valence-corrected chi connectivity index (χ0v) is 22.8. The zero-order chi connectivity index (χ0) is 24.8. The van der Waals surface area contributed by atoms with Crippen LogP contribution in [0.2, 0.25) is 0 Å². The predicted octanol–water partition coefficient (Wildman–Crippen LogP) is 6.93. The number of likely N-dealkylation sites (N-methyl/N-ethyl adjacent to an activating group) is 1. The predicted molar refractivity (Wildman–Crippen MR) is 144 cm³/mol. The van der Waals surface area contributed by atoms with Crippen LogP contribution in [0.25, 0.3) is 0 Å². The van der Waals surface area contributed by atoms with Crippen molar-refractivity contribution in [2.24, 2.45) is 9.85 Å². The number of non-ortho nitro benzene ring substituents is 1. The molecule has 2 aromatic rings. The highest BCUT2D eigenvalue weighted by Gasteiger charge is 2.47. The lowest BCUT2D eigenvalue weighted by atomic mass is 9.84. The highest BCUT2D eigenvalue weighted by atomic mass is 79.9. The summed E-state index contributed by atoms with van der Waals surface area (Å²) in [5.41, 5.74) is 4.12. The van der Waals surface area contributed by atoms with Gasteiger partial charge in [0.1, 0.15) is 0 Å². The fourth-order valence-corrected chi connectivity index (χ4v) is 9.40. The number of nitro benzene ring substituents is 1. The van der Waals surface area contributed by atoms with Gasteiger partial charge in [-0.1, -0.05) is 45.9 Å². The smallest absolute Gasteiger partial charge is 0.270 e. The van der Waals surface area contributed by atoms with E-state index < -0.39 is 12.3 Å². The Morgan fingerprint density at radius 3 is 2.44 bits per heavy atom. The van der Waals surface area contributed by atoms with Gasteiger partial charge in [0, 0.05) is 56.1 Å². The fourth-order valence-electron chi connectivity index (χ4n) is 5.08. The molecule has 1 atom stereocenters. The molecule has 4 rings (SSSR count). The lowest BCUT2D eigenvalue weighted by Crippen LogP contribution is -2.30. The Bertz CT molecular complexity index is 1270. The summed E-state index contributed by atoms with van der Waals surface area (Å²) in [6, 6.07) is 13.2. The number of nitrogens with zero attached hydrogens (tertiary/aromatic N) is 6. The summed E-state index contributed by atoms with van der Waals surface area (Å²) >= 11 is 3.54. The van der Waals surface area contributed by atoms with Gasteiger partial charge >= 0.3 is 0 Å². The van der Waals surface area contributed by atoms with Crippen LogP contribution in [0.4, 0.5) is 17.1 Å². The molecule has 2 heterocycles. The van der Waals surface area contributed by atoms with Gasteiger partial charge in [0.25, 0.3) is 5.69 Å². The number of hydrogen-bond acceptors (Lipinski definition) is 5. The first-order chi connectivity index (χ1) is 16.1. The van der Waals surface area contributed by atoms with Gasteiger partial charge in [-0.05, 0) is 33.6 Å². The van der Waals surface area contributed by atoms with Gasteiger partial charge in [-0.3, -0.25) is 10.1 Å². The zero-order valence-electron chi connectivity index (χ0n) is 20.4. The average molecular weight is 545 g/mol. The molecule has 2 aliphatic heterocycles. The second kappa shape index (κ2) is 8.95. The molecule has 0 fully saturated rings. The Hall–Kier alpha value is -2.48. The quantitative estimate of drug-likeness (QED) is 0.231. The van der Waals surface area contributed by atoms with Gasteiger partial charge in [-0.25, -0.2) is 14.2 Å². The van der Waals surface area contributed by atoms with Crippen LogP contribution in [-0.2, 0) is 5.41 Å². The van der Waals surface area contributed by atoms with E-state index in [9.17, 15) is 10.1 Å². The van der Waals surface area contributed by atoms with Crippen LogP contribution < -0.4 is 4.90 Å². The molecular formula is C24H30BrN6O2P. The van der Waals surface area contributed by atoms with Crippen molar-refractivity contribution in [2.75, 3.05) is 32.1 Å². The molecule has 0 saturated carbocycles. The number of fused-ring (bicyclic) bond motifs is 1. The third-order valence-corrected chi connectivity index (χ3v) is 11.1. The Morgan fingerprint density at radius 1 is 1.18 bits per heavy atom. The maximum Gasteiger partial charge on any atom is 0.270 e. The van der Waals surface area contributed by atoms with E-state index in [4.69, 9.17) is 9.85 Å². The standard InChI is InChI=1S/C24H30BrN6O2P/c1-7-30(8-2)34(27-20-14-13-17(31(32)33)15-19(20)25)22(16-26-29(34)6)23-24(3,4)18-11-9-10-12-21(18)28(23)5/h9-16H,7-8H2,1-6H3/b23-22+/t34-/m1/s1. The van der Waals surface area contributed by atoms with E-state index in [1.54, 1.807) is 6.07 Å². The van der Waals surface area contributed by atoms with Crippen molar-refractivity contribution in [2.45, 2.75) is 33.1 Å². The second-order valence-corrected chi connectivity index (χ2v) is 12.7. The Labute approximate surface area is 209 Å². The van der Waals surface area contributed by atoms with E-state index in [-0.39, 0.29) is 11.1 Å². The van der Waals surface area contributed by atoms with E-state index in [0.717, 1.165) is 18.4 Å². The number of halogens is 1. The molecule has 2 aliphatic rings. The van der Waals surface area contributed by atoms with Crippen LogP contribution in [0.1, 0.15) is 33.3 Å². The fraction of sp³-hybridized carbons (Fsp3) is 0.375. The van der Waals surface area contributed by atoms with E-state index in [1.807, 2.05) is 18.0 Å². The summed E-state index contributed by atoms with van der Waals surface area (Å²) in [6.07, 6.45) is 1.97. The minimum Gasteiger partial charge on any atom is -0.346 e. The lowest BCUT2D eigenvalue weighted by Gasteiger charge is -2.39. The number of para-hydroxylation sites is 1. The highest BCUT2D eigenvalue weighted by molar-refractivity contribution is 9.10. The third kappa shape index (κ3) is 3.61. The molecule has 0 radical (unpaired) electrons. The molecule has 180 valence electrons. The van der Waals surface area contributed by atoms with Crippen molar-refractivity contribution in [3.63, 3.8) is 0 Å². The number of benzene rings is 2. The third-order valence-electron chi connectivity index (χ3n) is 6.70. The minimum absolute atomic E-state index is 0.0303. The molecule has 0 amide bonds. The largest absolute Gasteiger partial charge is 0.346 e. The molecule has 0 spiro atoms.